The lowest BCUT2D eigenvalue weighted by molar-refractivity contribution is -0.870. The molecule has 0 aromatic rings. The summed E-state index contributed by atoms with van der Waals surface area (Å²) in [5, 5.41) is 13.9. The van der Waals surface area contributed by atoms with Gasteiger partial charge in [0.1, 0.15) is 13.2 Å². The number of nitrogens with zero attached hydrogens (tertiary/aromatic N) is 1. The number of likely N-dealkylation sites (N-methyl/N-ethyl adjacent to an activating group) is 1. The minimum Gasteiger partial charge on any atom is -0.391 e. The molecule has 0 aromatic heterocycles. The van der Waals surface area contributed by atoms with Crippen LogP contribution in [-0.2, 0) is 18.4 Å². The Kier molecular flexibility index (Phi) is 33.5. The molecule has 1 unspecified atom stereocenters. The predicted molar refractivity (Wildman–Crippen MR) is 212 cm³/mol. The van der Waals surface area contributed by atoms with E-state index in [1.165, 1.54) is 116 Å². The Morgan fingerprint density at radius 2 is 1.08 bits per heavy atom. The van der Waals surface area contributed by atoms with Crippen LogP contribution in [0.1, 0.15) is 194 Å². The first-order chi connectivity index (χ1) is 24.0. The van der Waals surface area contributed by atoms with Crippen molar-refractivity contribution in [3.05, 3.63) is 12.2 Å². The summed E-state index contributed by atoms with van der Waals surface area (Å²) in [7, 11) is 1.61. The standard InChI is InChI=1S/C41H83N2O6P/c1-6-8-10-12-14-16-18-20-21-23-25-27-29-31-33-35-41(45)42-39(38-49-50(46,47)48-37-36-43(3,4)5)40(44)34-32-30-28-26-24-22-19-17-15-13-11-9-7-2/h20-21,39-40,44H,6-19,22-38H2,1-5H3,(H-,42,45,46,47)/p+1/b21-20+/t39-,40+/m0/s1. The van der Waals surface area contributed by atoms with Gasteiger partial charge in [-0.05, 0) is 38.5 Å². The molecule has 0 radical (unpaired) electrons. The molecule has 0 saturated heterocycles. The third kappa shape index (κ3) is 35.6. The van der Waals surface area contributed by atoms with Crippen molar-refractivity contribution in [1.82, 2.24) is 5.32 Å². The molecule has 0 aliphatic rings. The maximum atomic E-state index is 12.8. The van der Waals surface area contributed by atoms with Crippen molar-refractivity contribution in [1.29, 1.82) is 0 Å². The van der Waals surface area contributed by atoms with E-state index in [0.29, 0.717) is 23.9 Å². The molecule has 0 fully saturated rings. The molecule has 50 heavy (non-hydrogen) atoms. The van der Waals surface area contributed by atoms with E-state index in [1.54, 1.807) is 0 Å². The molecule has 0 spiro atoms. The Morgan fingerprint density at radius 3 is 1.54 bits per heavy atom. The van der Waals surface area contributed by atoms with Gasteiger partial charge in [0, 0.05) is 6.42 Å². The van der Waals surface area contributed by atoms with Crippen LogP contribution in [0.5, 0.6) is 0 Å². The molecule has 0 rings (SSSR count). The molecule has 8 nitrogen and oxygen atoms in total. The van der Waals surface area contributed by atoms with Crippen LogP contribution in [-0.4, -0.2) is 73.4 Å². The fourth-order valence-corrected chi connectivity index (χ4v) is 6.83. The number of nitrogens with one attached hydrogen (secondary N) is 1. The number of unbranched alkanes of at least 4 members (excludes halogenated alkanes) is 23. The van der Waals surface area contributed by atoms with E-state index >= 15 is 0 Å². The summed E-state index contributed by atoms with van der Waals surface area (Å²) < 4.78 is 23.6. The number of allylic oxidation sites excluding steroid dienone is 2. The van der Waals surface area contributed by atoms with E-state index < -0.39 is 20.0 Å². The van der Waals surface area contributed by atoms with Gasteiger partial charge < -0.3 is 19.8 Å². The molecule has 0 heterocycles. The minimum absolute atomic E-state index is 0.0747. The Labute approximate surface area is 310 Å². The van der Waals surface area contributed by atoms with Gasteiger partial charge in [-0.3, -0.25) is 13.8 Å². The Morgan fingerprint density at radius 1 is 0.660 bits per heavy atom. The zero-order chi connectivity index (χ0) is 37.2. The first kappa shape index (κ1) is 49.2. The number of hydrogen-bond acceptors (Lipinski definition) is 5. The number of hydrogen-bond donors (Lipinski definition) is 3. The van der Waals surface area contributed by atoms with Crippen LogP contribution in [0.25, 0.3) is 0 Å². The third-order valence-corrected chi connectivity index (χ3v) is 10.5. The predicted octanol–water partition coefficient (Wildman–Crippen LogP) is 11.2. The molecular formula is C41H84N2O6P+. The van der Waals surface area contributed by atoms with Gasteiger partial charge in [0.2, 0.25) is 5.91 Å². The summed E-state index contributed by atoms with van der Waals surface area (Å²) in [5.41, 5.74) is 0. The number of carbonyl (C=O) groups is 1. The maximum Gasteiger partial charge on any atom is 0.472 e. The van der Waals surface area contributed by atoms with Gasteiger partial charge >= 0.3 is 7.82 Å². The van der Waals surface area contributed by atoms with Crippen molar-refractivity contribution in [2.75, 3.05) is 40.9 Å². The van der Waals surface area contributed by atoms with Gasteiger partial charge in [-0.15, -0.1) is 0 Å². The van der Waals surface area contributed by atoms with Gasteiger partial charge in [-0.1, -0.05) is 161 Å². The topological polar surface area (TPSA) is 105 Å². The summed E-state index contributed by atoms with van der Waals surface area (Å²) in [6, 6.07) is -0.759. The number of phosphoric acid groups is 1. The van der Waals surface area contributed by atoms with Crippen molar-refractivity contribution in [3.63, 3.8) is 0 Å². The lowest BCUT2D eigenvalue weighted by Gasteiger charge is -2.26. The molecular weight excluding hydrogens is 647 g/mol. The summed E-state index contributed by atoms with van der Waals surface area (Å²) in [4.78, 5) is 23.1. The average Bonchev–Trinajstić information content (AvgIpc) is 3.06. The Balaban J connectivity index is 4.41. The largest absolute Gasteiger partial charge is 0.472 e. The van der Waals surface area contributed by atoms with Gasteiger partial charge in [0.05, 0.1) is 39.9 Å². The number of phosphoric ester groups is 1. The fourth-order valence-electron chi connectivity index (χ4n) is 6.10. The average molecular weight is 732 g/mol. The van der Waals surface area contributed by atoms with Gasteiger partial charge in [0.15, 0.2) is 0 Å². The molecule has 0 saturated carbocycles. The number of quaternary nitrogens is 1. The first-order valence-corrected chi connectivity index (χ1v) is 22.5. The van der Waals surface area contributed by atoms with E-state index in [0.717, 1.165) is 51.4 Å². The Hall–Kier alpha value is -0.760. The van der Waals surface area contributed by atoms with Gasteiger partial charge in [0.25, 0.3) is 0 Å². The van der Waals surface area contributed by atoms with Crippen LogP contribution < -0.4 is 5.32 Å². The second-order valence-corrected chi connectivity index (χ2v) is 17.2. The van der Waals surface area contributed by atoms with Gasteiger partial charge in [-0.2, -0.15) is 0 Å². The summed E-state index contributed by atoms with van der Waals surface area (Å²) in [5.74, 6) is -0.153. The normalized spacial score (nSPS) is 14.6. The van der Waals surface area contributed by atoms with Crippen molar-refractivity contribution in [3.8, 4) is 0 Å². The van der Waals surface area contributed by atoms with Crippen molar-refractivity contribution in [2.24, 2.45) is 0 Å². The van der Waals surface area contributed by atoms with E-state index in [4.69, 9.17) is 9.05 Å². The highest BCUT2D eigenvalue weighted by Gasteiger charge is 2.28. The third-order valence-electron chi connectivity index (χ3n) is 9.51. The summed E-state index contributed by atoms with van der Waals surface area (Å²) in [6.07, 6.45) is 36.5. The lowest BCUT2D eigenvalue weighted by Crippen LogP contribution is -2.46. The molecule has 0 aliphatic heterocycles. The van der Waals surface area contributed by atoms with Crippen LogP contribution in [0.3, 0.4) is 0 Å². The molecule has 0 aromatic carbocycles. The van der Waals surface area contributed by atoms with Crippen molar-refractivity contribution >= 4 is 13.7 Å². The van der Waals surface area contributed by atoms with Crippen LogP contribution in [0.4, 0.5) is 0 Å². The van der Waals surface area contributed by atoms with Gasteiger partial charge in [-0.25, -0.2) is 4.57 Å². The van der Waals surface area contributed by atoms with E-state index in [1.807, 2.05) is 21.1 Å². The molecule has 3 atom stereocenters. The van der Waals surface area contributed by atoms with Crippen LogP contribution in [0.15, 0.2) is 12.2 Å². The number of aliphatic hydroxyl groups is 1. The minimum atomic E-state index is -4.31. The maximum absolute atomic E-state index is 12.8. The van der Waals surface area contributed by atoms with Crippen LogP contribution >= 0.6 is 7.82 Å². The fraction of sp³-hybridized carbons (Fsp3) is 0.927. The highest BCUT2D eigenvalue weighted by Crippen LogP contribution is 2.43. The second-order valence-electron chi connectivity index (χ2n) is 15.7. The van der Waals surface area contributed by atoms with E-state index in [9.17, 15) is 19.4 Å². The zero-order valence-corrected chi connectivity index (χ0v) is 34.5. The quantitative estimate of drug-likeness (QED) is 0.0253. The molecule has 0 bridgehead atoms. The molecule has 298 valence electrons. The highest BCUT2D eigenvalue weighted by atomic mass is 31.2. The smallest absolute Gasteiger partial charge is 0.391 e. The Bertz CT molecular complexity index is 834. The summed E-state index contributed by atoms with van der Waals surface area (Å²) in [6.45, 7) is 4.87. The zero-order valence-electron chi connectivity index (χ0n) is 33.7. The number of rotatable bonds is 38. The first-order valence-electron chi connectivity index (χ1n) is 21.1. The molecule has 0 aliphatic carbocycles. The number of amides is 1. The second kappa shape index (κ2) is 34.0. The van der Waals surface area contributed by atoms with E-state index in [-0.39, 0.29) is 19.1 Å². The van der Waals surface area contributed by atoms with Crippen LogP contribution in [0.2, 0.25) is 0 Å². The molecule has 3 N–H and O–H groups in total. The van der Waals surface area contributed by atoms with Crippen molar-refractivity contribution in [2.45, 2.75) is 206 Å². The van der Waals surface area contributed by atoms with Crippen molar-refractivity contribution < 1.29 is 32.9 Å². The number of carbonyl (C=O) groups excluding carboxylic acids is 1. The summed E-state index contributed by atoms with van der Waals surface area (Å²) >= 11 is 0. The number of aliphatic hydroxyl groups excluding tert-OH is 1. The molecule has 9 heteroatoms. The highest BCUT2D eigenvalue weighted by molar-refractivity contribution is 7.47. The lowest BCUT2D eigenvalue weighted by atomic mass is 10.0. The SMILES string of the molecule is CCCCCCCC/C=C/CCCCCCCC(=O)N[C@@H](COP(=O)(O)OCC[N+](C)(C)C)[C@H](O)CCCCCCCCCCCCCCC. The van der Waals surface area contributed by atoms with Crippen LogP contribution in [0, 0.1) is 0 Å². The monoisotopic (exact) mass is 732 g/mol. The van der Waals surface area contributed by atoms with E-state index in [2.05, 4.69) is 31.3 Å². The molecule has 1 amide bonds.